The van der Waals surface area contributed by atoms with Crippen LogP contribution < -0.4 is 9.64 Å². The van der Waals surface area contributed by atoms with E-state index in [1.165, 1.54) is 67.7 Å². The number of rotatable bonds is 6. The summed E-state index contributed by atoms with van der Waals surface area (Å²) in [6.07, 6.45) is 8.03. The zero-order chi connectivity index (χ0) is 40.7. The third-order valence-corrected chi connectivity index (χ3v) is 14.1. The van der Waals surface area contributed by atoms with Crippen LogP contribution in [0.15, 0.2) is 212 Å². The molecule has 0 amide bonds. The lowest BCUT2D eigenvalue weighted by Crippen LogP contribution is -2.14. The van der Waals surface area contributed by atoms with Crippen LogP contribution in [-0.2, 0) is 6.42 Å². The van der Waals surface area contributed by atoms with Crippen LogP contribution in [-0.4, -0.2) is 4.57 Å². The second-order valence-corrected chi connectivity index (χ2v) is 17.5. The lowest BCUT2D eigenvalue weighted by atomic mass is 9.76. The largest absolute Gasteiger partial charge is 0.454 e. The van der Waals surface area contributed by atoms with Crippen LogP contribution in [0.4, 0.5) is 17.1 Å². The predicted molar refractivity (Wildman–Crippen MR) is 255 cm³/mol. The highest BCUT2D eigenvalue weighted by molar-refractivity contribution is 6.01. The number of hydrogen-bond donors (Lipinski definition) is 0. The number of anilines is 3. The number of fused-ring (bicyclic) bond motifs is 10. The Labute approximate surface area is 362 Å². The van der Waals surface area contributed by atoms with E-state index in [1.807, 2.05) is 0 Å². The first-order valence-corrected chi connectivity index (χ1v) is 22.2. The topological polar surface area (TPSA) is 17.4 Å². The zero-order valence-electron chi connectivity index (χ0n) is 34.4. The highest BCUT2D eigenvalue weighted by Crippen LogP contribution is 2.62. The van der Waals surface area contributed by atoms with Gasteiger partial charge in [-0.25, -0.2) is 0 Å². The summed E-state index contributed by atoms with van der Waals surface area (Å²) in [5, 5.41) is 3.56. The van der Waals surface area contributed by atoms with E-state index in [0.29, 0.717) is 17.8 Å². The SMILES string of the molecule is C1=CC(c2ccccc2)CC2=C1c1ccc(N(c3ccc4c5c(n(-c6ccccc6)c4c3)CC(c3ccccc3)c3ccccc3O5)c3cccc4ccccc34)cc1C1CC21. The van der Waals surface area contributed by atoms with Gasteiger partial charge in [0, 0.05) is 51.7 Å². The molecule has 13 rings (SSSR count). The second kappa shape index (κ2) is 14.1. The molecule has 1 saturated carbocycles. The van der Waals surface area contributed by atoms with Crippen molar-refractivity contribution in [3.8, 4) is 17.2 Å². The van der Waals surface area contributed by atoms with E-state index in [4.69, 9.17) is 4.74 Å². The van der Waals surface area contributed by atoms with Gasteiger partial charge in [-0.15, -0.1) is 0 Å². The van der Waals surface area contributed by atoms with Gasteiger partial charge in [0.25, 0.3) is 0 Å². The molecule has 9 aromatic rings. The molecule has 0 bridgehead atoms. The Morgan fingerprint density at radius 3 is 2.11 bits per heavy atom. The van der Waals surface area contributed by atoms with E-state index in [-0.39, 0.29) is 5.92 Å². The van der Waals surface area contributed by atoms with E-state index in [2.05, 4.69) is 216 Å². The maximum Gasteiger partial charge on any atom is 0.156 e. The number of aromatic nitrogens is 1. The fourth-order valence-corrected chi connectivity index (χ4v) is 11.1. The van der Waals surface area contributed by atoms with Gasteiger partial charge in [0.1, 0.15) is 5.75 Å². The number of hydrogen-bond acceptors (Lipinski definition) is 2. The monoisotopic (exact) mass is 796 g/mol. The average molecular weight is 797 g/mol. The smallest absolute Gasteiger partial charge is 0.156 e. The molecule has 4 aliphatic rings. The van der Waals surface area contributed by atoms with E-state index in [0.717, 1.165) is 46.6 Å². The molecule has 1 aliphatic heterocycles. The Morgan fingerprint density at radius 2 is 1.26 bits per heavy atom. The van der Waals surface area contributed by atoms with Crippen molar-refractivity contribution in [2.45, 2.75) is 37.0 Å². The fraction of sp³-hybridized carbons (Fsp3) is 0.119. The molecule has 1 fully saturated rings. The van der Waals surface area contributed by atoms with Gasteiger partial charge in [-0.2, -0.15) is 0 Å². The third kappa shape index (κ3) is 5.65. The lowest BCUT2D eigenvalue weighted by molar-refractivity contribution is 0.483. The molecule has 296 valence electrons. The van der Waals surface area contributed by atoms with Gasteiger partial charge in [0.05, 0.1) is 16.9 Å². The minimum atomic E-state index is 0.132. The summed E-state index contributed by atoms with van der Waals surface area (Å²) in [5.41, 5.74) is 16.8. The van der Waals surface area contributed by atoms with Crippen molar-refractivity contribution in [3.05, 3.63) is 245 Å². The molecule has 3 nitrogen and oxygen atoms in total. The Kier molecular flexibility index (Phi) is 8.06. The Morgan fingerprint density at radius 1 is 0.548 bits per heavy atom. The standard InChI is InChI=1S/C59H44N2O/c1-4-15-38(16-5-1)41-27-30-46-47-31-28-43(34-52(47)54-36-53(54)51(46)33-41)60(55-25-14-20-39-19-10-11-23-45(39)55)44-29-32-49-56(35-44)61(42-21-8-3-9-22-42)57-37-50(40-17-6-2-7-18-40)48-24-12-13-26-58(48)62-59(49)57/h1-32,34-35,41,50,53-54H,33,36-37H2. The number of allylic oxidation sites excluding steroid dienone is 4. The molecule has 8 aromatic carbocycles. The summed E-state index contributed by atoms with van der Waals surface area (Å²) in [6, 6.07) is 71.2. The molecular weight excluding hydrogens is 753 g/mol. The molecule has 0 radical (unpaired) electrons. The average Bonchev–Trinajstić information content (AvgIpc) is 4.13. The molecule has 3 aliphatic carbocycles. The van der Waals surface area contributed by atoms with Gasteiger partial charge in [0.2, 0.25) is 0 Å². The number of nitrogens with zero attached hydrogens (tertiary/aromatic N) is 2. The molecular formula is C59H44N2O. The Balaban J connectivity index is 0.993. The summed E-state index contributed by atoms with van der Waals surface area (Å²) in [6.45, 7) is 0. The first-order valence-electron chi connectivity index (χ1n) is 22.2. The summed E-state index contributed by atoms with van der Waals surface area (Å²) in [5.74, 6) is 3.62. The van der Waals surface area contributed by atoms with Crippen molar-refractivity contribution >= 4 is 44.3 Å². The van der Waals surface area contributed by atoms with Gasteiger partial charge < -0.3 is 14.2 Å². The number of ether oxygens (including phenoxy) is 1. The van der Waals surface area contributed by atoms with Crippen molar-refractivity contribution < 1.29 is 4.74 Å². The van der Waals surface area contributed by atoms with Crippen LogP contribution in [0.3, 0.4) is 0 Å². The molecule has 2 heterocycles. The van der Waals surface area contributed by atoms with Gasteiger partial charge in [-0.3, -0.25) is 0 Å². The van der Waals surface area contributed by atoms with Gasteiger partial charge in [0.15, 0.2) is 5.75 Å². The van der Waals surface area contributed by atoms with Crippen LogP contribution in [0.1, 0.15) is 64.1 Å². The van der Waals surface area contributed by atoms with Crippen LogP contribution >= 0.6 is 0 Å². The van der Waals surface area contributed by atoms with Crippen LogP contribution in [0.2, 0.25) is 0 Å². The van der Waals surface area contributed by atoms with E-state index >= 15 is 0 Å². The normalized spacial score (nSPS) is 19.4. The first-order chi connectivity index (χ1) is 30.7. The number of para-hydroxylation sites is 2. The van der Waals surface area contributed by atoms with Crippen LogP contribution in [0.25, 0.3) is 32.9 Å². The Bertz CT molecular complexity index is 3260. The molecule has 0 N–H and O–H groups in total. The zero-order valence-corrected chi connectivity index (χ0v) is 34.4. The highest BCUT2D eigenvalue weighted by atomic mass is 16.5. The van der Waals surface area contributed by atoms with E-state index < -0.39 is 0 Å². The maximum absolute atomic E-state index is 7.11. The summed E-state index contributed by atoms with van der Waals surface area (Å²) >= 11 is 0. The maximum atomic E-state index is 7.11. The van der Waals surface area contributed by atoms with Crippen molar-refractivity contribution in [3.63, 3.8) is 0 Å². The third-order valence-electron chi connectivity index (χ3n) is 14.1. The summed E-state index contributed by atoms with van der Waals surface area (Å²) in [7, 11) is 0. The summed E-state index contributed by atoms with van der Waals surface area (Å²) in [4.78, 5) is 2.50. The van der Waals surface area contributed by atoms with Crippen molar-refractivity contribution in [2.75, 3.05) is 4.90 Å². The van der Waals surface area contributed by atoms with Crippen LogP contribution in [0.5, 0.6) is 11.5 Å². The van der Waals surface area contributed by atoms with Gasteiger partial charge >= 0.3 is 0 Å². The van der Waals surface area contributed by atoms with E-state index in [1.54, 1.807) is 5.57 Å². The molecule has 4 atom stereocenters. The fourth-order valence-electron chi connectivity index (χ4n) is 11.1. The van der Waals surface area contributed by atoms with Gasteiger partial charge in [-0.05, 0) is 112 Å². The van der Waals surface area contributed by atoms with Crippen LogP contribution in [0, 0.1) is 5.92 Å². The Hall–Kier alpha value is -7.36. The minimum absolute atomic E-state index is 0.132. The molecule has 4 unspecified atom stereocenters. The molecule has 1 aromatic heterocycles. The predicted octanol–water partition coefficient (Wildman–Crippen LogP) is 15.3. The van der Waals surface area contributed by atoms with Crippen molar-refractivity contribution in [2.24, 2.45) is 5.92 Å². The van der Waals surface area contributed by atoms with Crippen molar-refractivity contribution in [1.29, 1.82) is 0 Å². The van der Waals surface area contributed by atoms with E-state index in [9.17, 15) is 0 Å². The lowest BCUT2D eigenvalue weighted by Gasteiger charge is -2.31. The molecule has 3 heteroatoms. The molecule has 62 heavy (non-hydrogen) atoms. The molecule has 0 saturated heterocycles. The minimum Gasteiger partial charge on any atom is -0.454 e. The quantitative estimate of drug-likeness (QED) is 0.167. The number of benzene rings is 8. The second-order valence-electron chi connectivity index (χ2n) is 17.5. The van der Waals surface area contributed by atoms with Crippen molar-refractivity contribution in [1.82, 2.24) is 4.57 Å². The molecule has 0 spiro atoms. The van der Waals surface area contributed by atoms with Gasteiger partial charge in [-0.1, -0.05) is 157 Å². The summed E-state index contributed by atoms with van der Waals surface area (Å²) < 4.78 is 9.57. The highest BCUT2D eigenvalue weighted by Gasteiger charge is 2.47. The first kappa shape index (κ1) is 35.4.